The van der Waals surface area contributed by atoms with Gasteiger partial charge in [-0.15, -0.1) is 0 Å². The van der Waals surface area contributed by atoms with E-state index in [4.69, 9.17) is 0 Å². The molecule has 1 N–H and O–H groups in total. The van der Waals surface area contributed by atoms with Crippen LogP contribution in [0.1, 0.15) is 5.56 Å². The number of anilines is 2. The molecule has 150 valence electrons. The Morgan fingerprint density at radius 1 is 0.967 bits per heavy atom. The van der Waals surface area contributed by atoms with E-state index < -0.39 is 4.58 Å². The van der Waals surface area contributed by atoms with Gasteiger partial charge in [-0.2, -0.15) is 0 Å². The van der Waals surface area contributed by atoms with E-state index in [2.05, 4.69) is 10.3 Å². The predicted molar refractivity (Wildman–Crippen MR) is 127 cm³/mol. The van der Waals surface area contributed by atoms with E-state index in [1.165, 1.54) is 16.7 Å². The summed E-state index contributed by atoms with van der Waals surface area (Å²) >= 11 is 2.26. The van der Waals surface area contributed by atoms with Crippen LogP contribution in [0.15, 0.2) is 89.9 Å². The summed E-state index contributed by atoms with van der Waals surface area (Å²) in [6, 6.07) is 26.5. The minimum Gasteiger partial charge on any atom is -0.335 e. The molecular formula is C23H19N3O2S2. The van der Waals surface area contributed by atoms with Crippen LogP contribution in [-0.2, 0) is 4.79 Å². The van der Waals surface area contributed by atoms with Crippen LogP contribution >= 0.6 is 23.5 Å². The van der Waals surface area contributed by atoms with Gasteiger partial charge in [-0.05, 0) is 60.6 Å². The number of hydrogen-bond donors (Lipinski definition) is 1. The lowest BCUT2D eigenvalue weighted by atomic mass is 10.2. The van der Waals surface area contributed by atoms with Crippen molar-refractivity contribution in [1.82, 2.24) is 0 Å². The molecule has 1 aliphatic heterocycles. The summed E-state index contributed by atoms with van der Waals surface area (Å²) in [6.45, 7) is 1.93. The molecule has 5 nitrogen and oxygen atoms in total. The van der Waals surface area contributed by atoms with Crippen molar-refractivity contribution in [3.8, 4) is 0 Å². The number of amides is 2. The van der Waals surface area contributed by atoms with Gasteiger partial charge >= 0.3 is 0 Å². The van der Waals surface area contributed by atoms with Crippen molar-refractivity contribution in [1.29, 1.82) is 0 Å². The van der Waals surface area contributed by atoms with E-state index in [-0.39, 0.29) is 11.1 Å². The molecule has 1 heterocycles. The normalized spacial score (nSPS) is 16.8. The number of thioether (sulfide) groups is 2. The molecule has 0 bridgehead atoms. The summed E-state index contributed by atoms with van der Waals surface area (Å²) in [5.41, 5.74) is 3.21. The molecule has 1 atom stereocenters. The van der Waals surface area contributed by atoms with Crippen LogP contribution in [0.3, 0.4) is 0 Å². The molecule has 0 spiro atoms. The van der Waals surface area contributed by atoms with E-state index >= 15 is 0 Å². The largest absolute Gasteiger partial charge is 0.335 e. The van der Waals surface area contributed by atoms with Crippen LogP contribution in [-0.4, -0.2) is 20.9 Å². The lowest BCUT2D eigenvalue weighted by Crippen LogP contribution is -2.31. The number of carbonyl (C=O) groups is 2. The zero-order valence-electron chi connectivity index (χ0n) is 16.2. The standard InChI is InChI=1S/C23H19N3O2S2/c1-16-9-8-14-19(15-16)26-20(27)21(30-23(26)28)29-22(24-17-10-4-2-5-11-17)25-18-12-6-3-7-13-18/h2-15,21H,1H3,(H,24,25)/t21-/m0/s1. The fraction of sp³-hybridized carbons (Fsp3) is 0.0870. The first-order valence-corrected chi connectivity index (χ1v) is 11.1. The highest BCUT2D eigenvalue weighted by molar-refractivity contribution is 8.31. The topological polar surface area (TPSA) is 61.8 Å². The van der Waals surface area contributed by atoms with Gasteiger partial charge < -0.3 is 5.32 Å². The first-order chi connectivity index (χ1) is 14.6. The van der Waals surface area contributed by atoms with Gasteiger partial charge in [0.25, 0.3) is 11.1 Å². The van der Waals surface area contributed by atoms with Gasteiger partial charge in [-0.25, -0.2) is 9.89 Å². The third-order valence-electron chi connectivity index (χ3n) is 4.30. The van der Waals surface area contributed by atoms with Crippen molar-refractivity contribution in [3.05, 3.63) is 90.5 Å². The van der Waals surface area contributed by atoms with Gasteiger partial charge in [-0.3, -0.25) is 9.59 Å². The van der Waals surface area contributed by atoms with E-state index in [1.807, 2.05) is 85.8 Å². The second-order valence-corrected chi connectivity index (χ2v) is 9.04. The number of benzene rings is 3. The smallest absolute Gasteiger partial charge is 0.294 e. The van der Waals surface area contributed by atoms with Crippen molar-refractivity contribution in [2.45, 2.75) is 11.5 Å². The predicted octanol–water partition coefficient (Wildman–Crippen LogP) is 6.05. The molecule has 7 heteroatoms. The molecule has 2 amide bonds. The average Bonchev–Trinajstić information content (AvgIpc) is 3.02. The monoisotopic (exact) mass is 433 g/mol. The Balaban J connectivity index is 1.59. The lowest BCUT2D eigenvalue weighted by Gasteiger charge is -2.15. The number of nitrogens with one attached hydrogen (secondary N) is 1. The summed E-state index contributed by atoms with van der Waals surface area (Å²) in [4.78, 5) is 31.6. The Bertz CT molecular complexity index is 1090. The Morgan fingerprint density at radius 2 is 1.67 bits per heavy atom. The molecule has 1 fully saturated rings. The first-order valence-electron chi connectivity index (χ1n) is 9.34. The first kappa shape index (κ1) is 20.3. The number of aliphatic imine (C=N–C) groups is 1. The summed E-state index contributed by atoms with van der Waals surface area (Å²) in [7, 11) is 0. The van der Waals surface area contributed by atoms with Gasteiger partial charge in [-0.1, -0.05) is 60.3 Å². The quantitative estimate of drug-likeness (QED) is 0.401. The fourth-order valence-electron chi connectivity index (χ4n) is 2.91. The Labute approximate surface area is 183 Å². The molecule has 0 unspecified atom stereocenters. The number of rotatable bonds is 4. The zero-order valence-corrected chi connectivity index (χ0v) is 17.8. The minimum absolute atomic E-state index is 0.253. The van der Waals surface area contributed by atoms with E-state index in [0.29, 0.717) is 10.9 Å². The number of hydrogen-bond acceptors (Lipinski definition) is 5. The average molecular weight is 434 g/mol. The number of nitrogens with zero attached hydrogens (tertiary/aromatic N) is 2. The second kappa shape index (κ2) is 9.19. The van der Waals surface area contributed by atoms with E-state index in [1.54, 1.807) is 6.07 Å². The molecule has 4 rings (SSSR count). The van der Waals surface area contributed by atoms with Crippen molar-refractivity contribution in [2.75, 3.05) is 10.2 Å². The van der Waals surface area contributed by atoms with Gasteiger partial charge in [0, 0.05) is 5.69 Å². The highest BCUT2D eigenvalue weighted by Gasteiger charge is 2.42. The number of carbonyl (C=O) groups excluding carboxylic acids is 2. The molecular weight excluding hydrogens is 414 g/mol. The van der Waals surface area contributed by atoms with Crippen molar-refractivity contribution < 1.29 is 9.59 Å². The maximum Gasteiger partial charge on any atom is 0.294 e. The molecule has 0 radical (unpaired) electrons. The van der Waals surface area contributed by atoms with Crippen molar-refractivity contribution in [3.63, 3.8) is 0 Å². The lowest BCUT2D eigenvalue weighted by molar-refractivity contribution is -0.115. The zero-order chi connectivity index (χ0) is 20.9. The van der Waals surface area contributed by atoms with E-state index in [9.17, 15) is 9.59 Å². The van der Waals surface area contributed by atoms with Crippen molar-refractivity contribution >= 4 is 56.9 Å². The number of amidine groups is 1. The third-order valence-corrected chi connectivity index (χ3v) is 6.51. The molecule has 3 aromatic rings. The Morgan fingerprint density at radius 3 is 2.37 bits per heavy atom. The summed E-state index contributed by atoms with van der Waals surface area (Å²) in [5.74, 6) is -0.253. The Kier molecular flexibility index (Phi) is 6.21. The van der Waals surface area contributed by atoms with Gasteiger partial charge in [0.15, 0.2) is 5.17 Å². The van der Waals surface area contributed by atoms with Crippen LogP contribution in [0.5, 0.6) is 0 Å². The molecule has 3 aromatic carbocycles. The minimum atomic E-state index is -0.614. The van der Waals surface area contributed by atoms with Crippen LogP contribution in [0.4, 0.5) is 21.9 Å². The highest BCUT2D eigenvalue weighted by atomic mass is 32.2. The summed E-state index contributed by atoms with van der Waals surface area (Å²) < 4.78 is -0.614. The molecule has 1 aliphatic rings. The Hall–Kier alpha value is -3.03. The SMILES string of the molecule is Cc1cccc(N2C(=O)S[C@H](SC(=Nc3ccccc3)Nc3ccccc3)C2=O)c1. The maximum atomic E-state index is 13.0. The fourth-order valence-corrected chi connectivity index (χ4v) is 5.06. The van der Waals surface area contributed by atoms with Crippen molar-refractivity contribution in [2.24, 2.45) is 4.99 Å². The van der Waals surface area contributed by atoms with Crippen LogP contribution in [0.25, 0.3) is 0 Å². The molecule has 0 saturated carbocycles. The number of para-hydroxylation sites is 2. The van der Waals surface area contributed by atoms with Crippen LogP contribution < -0.4 is 10.2 Å². The maximum absolute atomic E-state index is 13.0. The van der Waals surface area contributed by atoms with Crippen LogP contribution in [0, 0.1) is 6.92 Å². The van der Waals surface area contributed by atoms with Gasteiger partial charge in [0.1, 0.15) is 4.58 Å². The molecule has 0 aromatic heterocycles. The molecule has 0 aliphatic carbocycles. The third kappa shape index (κ3) is 4.75. The highest BCUT2D eigenvalue weighted by Crippen LogP contribution is 2.38. The van der Waals surface area contributed by atoms with Crippen LogP contribution in [0.2, 0.25) is 0 Å². The second-order valence-electron chi connectivity index (χ2n) is 6.59. The molecule has 1 saturated heterocycles. The van der Waals surface area contributed by atoms with E-state index in [0.717, 1.165) is 28.7 Å². The van der Waals surface area contributed by atoms with Gasteiger partial charge in [0.2, 0.25) is 0 Å². The summed E-state index contributed by atoms with van der Waals surface area (Å²) in [5, 5.41) is 3.55. The number of imide groups is 1. The van der Waals surface area contributed by atoms with Gasteiger partial charge in [0.05, 0.1) is 11.4 Å². The number of aryl methyl sites for hydroxylation is 1. The summed E-state index contributed by atoms with van der Waals surface area (Å²) in [6.07, 6.45) is 0. The molecule has 30 heavy (non-hydrogen) atoms.